The zero-order chi connectivity index (χ0) is 14.0. The molecule has 2 aromatic rings. The van der Waals surface area contributed by atoms with Crippen LogP contribution < -0.4 is 4.72 Å². The molecule has 1 N–H and O–H groups in total. The number of nitrogens with zero attached hydrogens (tertiary/aromatic N) is 1. The second kappa shape index (κ2) is 5.82. The molecule has 0 unspecified atom stereocenters. The van der Waals surface area contributed by atoms with Gasteiger partial charge in [0.1, 0.15) is 5.82 Å². The Bertz CT molecular complexity index is 705. The van der Waals surface area contributed by atoms with Gasteiger partial charge >= 0.3 is 0 Å². The molecule has 0 saturated heterocycles. The molecule has 4 nitrogen and oxygen atoms in total. The molecule has 0 radical (unpaired) electrons. The third-order valence-electron chi connectivity index (χ3n) is 2.17. The topological polar surface area (TPSA) is 59.1 Å². The third kappa shape index (κ3) is 3.71. The van der Waals surface area contributed by atoms with Gasteiger partial charge in [0.25, 0.3) is 10.0 Å². The van der Waals surface area contributed by atoms with Crippen LogP contribution in [0.1, 0.15) is 0 Å². The van der Waals surface area contributed by atoms with E-state index in [1.165, 1.54) is 18.2 Å². The number of rotatable bonds is 3. The van der Waals surface area contributed by atoms with Gasteiger partial charge in [0.2, 0.25) is 0 Å². The first-order valence-electron chi connectivity index (χ1n) is 4.98. The van der Waals surface area contributed by atoms with E-state index in [2.05, 4.69) is 32.3 Å². The summed E-state index contributed by atoms with van der Waals surface area (Å²) in [7, 11) is -3.72. The standard InChI is InChI=1S/C11H7Cl2IN2O2S/c12-9-3-2-8(5-10(9)13)19(17,18)16-11-4-1-7(14)6-15-11/h1-6H,(H,15,16). The lowest BCUT2D eigenvalue weighted by Crippen LogP contribution is -2.13. The Morgan fingerprint density at radius 2 is 1.84 bits per heavy atom. The molecule has 0 bridgehead atoms. The maximum atomic E-state index is 12.1. The molecule has 1 aromatic heterocycles. The molecular weight excluding hydrogens is 422 g/mol. The third-order valence-corrected chi connectivity index (χ3v) is 4.90. The van der Waals surface area contributed by atoms with Crippen LogP contribution in [0.4, 0.5) is 5.82 Å². The van der Waals surface area contributed by atoms with E-state index < -0.39 is 10.0 Å². The Labute approximate surface area is 134 Å². The minimum Gasteiger partial charge on any atom is -0.263 e. The van der Waals surface area contributed by atoms with Crippen LogP contribution >= 0.6 is 45.8 Å². The lowest BCUT2D eigenvalue weighted by molar-refractivity contribution is 0.601. The van der Waals surface area contributed by atoms with Crippen molar-refractivity contribution in [2.24, 2.45) is 0 Å². The fourth-order valence-corrected chi connectivity index (χ4v) is 2.99. The van der Waals surface area contributed by atoms with E-state index >= 15 is 0 Å². The van der Waals surface area contributed by atoms with Gasteiger partial charge in [-0.1, -0.05) is 23.2 Å². The highest BCUT2D eigenvalue weighted by atomic mass is 127. The van der Waals surface area contributed by atoms with Gasteiger partial charge < -0.3 is 0 Å². The SMILES string of the molecule is O=S(=O)(Nc1ccc(I)cn1)c1ccc(Cl)c(Cl)c1. The normalized spacial score (nSPS) is 11.3. The maximum Gasteiger partial charge on any atom is 0.263 e. The van der Waals surface area contributed by atoms with E-state index in [1.807, 2.05) is 0 Å². The van der Waals surface area contributed by atoms with Crippen molar-refractivity contribution in [3.8, 4) is 0 Å². The van der Waals surface area contributed by atoms with E-state index in [0.29, 0.717) is 5.02 Å². The fourth-order valence-electron chi connectivity index (χ4n) is 1.28. The molecule has 19 heavy (non-hydrogen) atoms. The number of aromatic nitrogens is 1. The van der Waals surface area contributed by atoms with E-state index in [9.17, 15) is 8.42 Å². The van der Waals surface area contributed by atoms with Gasteiger partial charge in [0.05, 0.1) is 14.9 Å². The number of halogens is 3. The van der Waals surface area contributed by atoms with Gasteiger partial charge in [-0.15, -0.1) is 0 Å². The molecule has 8 heteroatoms. The second-order valence-corrected chi connectivity index (χ2v) is 7.29. The van der Waals surface area contributed by atoms with Gasteiger partial charge in [-0.25, -0.2) is 13.4 Å². The van der Waals surface area contributed by atoms with Crippen molar-refractivity contribution in [3.05, 3.63) is 50.1 Å². The molecule has 0 aliphatic rings. The summed E-state index contributed by atoms with van der Waals surface area (Å²) in [6.07, 6.45) is 1.56. The summed E-state index contributed by atoms with van der Waals surface area (Å²) in [5, 5.41) is 0.480. The van der Waals surface area contributed by atoms with E-state index in [4.69, 9.17) is 23.2 Å². The Hall–Kier alpha value is -0.570. The zero-order valence-corrected chi connectivity index (χ0v) is 13.8. The first-order valence-corrected chi connectivity index (χ1v) is 8.30. The minimum absolute atomic E-state index is 0.0299. The van der Waals surface area contributed by atoms with Crippen LogP contribution in [0.2, 0.25) is 10.0 Å². The van der Waals surface area contributed by atoms with Crippen LogP contribution in [0.5, 0.6) is 0 Å². The van der Waals surface area contributed by atoms with Crippen LogP contribution in [-0.2, 0) is 10.0 Å². The summed E-state index contributed by atoms with van der Waals surface area (Å²) in [4.78, 5) is 4.00. The van der Waals surface area contributed by atoms with Gasteiger partial charge in [0.15, 0.2) is 0 Å². The monoisotopic (exact) mass is 428 g/mol. The molecule has 2 rings (SSSR count). The Kier molecular flexibility index (Phi) is 4.54. The Morgan fingerprint density at radius 3 is 2.42 bits per heavy atom. The summed E-state index contributed by atoms with van der Waals surface area (Å²) in [5.74, 6) is 0.242. The summed E-state index contributed by atoms with van der Waals surface area (Å²) < 4.78 is 27.5. The first-order chi connectivity index (χ1) is 8.88. The molecule has 1 heterocycles. The number of sulfonamides is 1. The molecule has 1 aromatic carbocycles. The van der Waals surface area contributed by atoms with Crippen LogP contribution in [0.3, 0.4) is 0 Å². The number of pyridine rings is 1. The molecule has 0 aliphatic carbocycles. The van der Waals surface area contributed by atoms with Crippen LogP contribution in [-0.4, -0.2) is 13.4 Å². The molecule has 0 spiro atoms. The van der Waals surface area contributed by atoms with Crippen molar-refractivity contribution >= 4 is 61.6 Å². The smallest absolute Gasteiger partial charge is 0.263 e. The molecule has 100 valence electrons. The lowest BCUT2D eigenvalue weighted by atomic mass is 10.4. The average molecular weight is 429 g/mol. The van der Waals surface area contributed by atoms with Gasteiger partial charge in [-0.05, 0) is 52.9 Å². The quantitative estimate of drug-likeness (QED) is 0.756. The molecular formula is C11H7Cl2IN2O2S. The highest BCUT2D eigenvalue weighted by molar-refractivity contribution is 14.1. The average Bonchev–Trinajstić information content (AvgIpc) is 2.35. The van der Waals surface area contributed by atoms with Gasteiger partial charge in [0, 0.05) is 9.77 Å². The zero-order valence-electron chi connectivity index (χ0n) is 9.27. The van der Waals surface area contributed by atoms with Crippen LogP contribution in [0.25, 0.3) is 0 Å². The highest BCUT2D eigenvalue weighted by Gasteiger charge is 2.16. The summed E-state index contributed by atoms with van der Waals surface area (Å²) in [6, 6.07) is 7.43. The van der Waals surface area contributed by atoms with Gasteiger partial charge in [-0.3, -0.25) is 4.72 Å². The molecule has 0 aliphatic heterocycles. The number of benzene rings is 1. The Morgan fingerprint density at radius 1 is 1.11 bits per heavy atom. The lowest BCUT2D eigenvalue weighted by Gasteiger charge is -2.08. The van der Waals surface area contributed by atoms with Gasteiger partial charge in [-0.2, -0.15) is 0 Å². The number of nitrogens with one attached hydrogen (secondary N) is 1. The van der Waals surface area contributed by atoms with Crippen LogP contribution in [0.15, 0.2) is 41.4 Å². The molecule has 0 saturated carbocycles. The van der Waals surface area contributed by atoms with E-state index in [-0.39, 0.29) is 15.7 Å². The van der Waals surface area contributed by atoms with Crippen molar-refractivity contribution < 1.29 is 8.42 Å². The van der Waals surface area contributed by atoms with Crippen molar-refractivity contribution in [1.82, 2.24) is 4.98 Å². The summed E-state index contributed by atoms with van der Waals surface area (Å²) >= 11 is 13.6. The number of anilines is 1. The fraction of sp³-hybridized carbons (Fsp3) is 0. The molecule has 0 fully saturated rings. The number of hydrogen-bond acceptors (Lipinski definition) is 3. The molecule has 0 atom stereocenters. The second-order valence-electron chi connectivity index (χ2n) is 3.54. The van der Waals surface area contributed by atoms with Crippen molar-refractivity contribution in [1.29, 1.82) is 0 Å². The maximum absolute atomic E-state index is 12.1. The predicted octanol–water partition coefficient (Wildman–Crippen LogP) is 3.79. The largest absolute Gasteiger partial charge is 0.263 e. The Balaban J connectivity index is 2.32. The minimum atomic E-state index is -3.72. The van der Waals surface area contributed by atoms with Crippen LogP contribution in [0, 0.1) is 3.57 Å². The van der Waals surface area contributed by atoms with E-state index in [0.717, 1.165) is 3.57 Å². The molecule has 0 amide bonds. The number of hydrogen-bond donors (Lipinski definition) is 1. The van der Waals surface area contributed by atoms with Crippen molar-refractivity contribution in [2.75, 3.05) is 4.72 Å². The first kappa shape index (κ1) is 14.8. The van der Waals surface area contributed by atoms with Crippen molar-refractivity contribution in [2.45, 2.75) is 4.90 Å². The van der Waals surface area contributed by atoms with Crippen molar-refractivity contribution in [3.63, 3.8) is 0 Å². The van der Waals surface area contributed by atoms with E-state index in [1.54, 1.807) is 18.3 Å². The summed E-state index contributed by atoms with van der Waals surface area (Å²) in [6.45, 7) is 0. The highest BCUT2D eigenvalue weighted by Crippen LogP contribution is 2.25. The summed E-state index contributed by atoms with van der Waals surface area (Å²) in [5.41, 5.74) is 0. The predicted molar refractivity (Wildman–Crippen MR) is 84.2 cm³/mol.